The molecule has 20 heavy (non-hydrogen) atoms. The van der Waals surface area contributed by atoms with Crippen LogP contribution in [-0.4, -0.2) is 54.1 Å². The highest BCUT2D eigenvalue weighted by atomic mass is 32.2. The van der Waals surface area contributed by atoms with Crippen molar-refractivity contribution in [1.29, 1.82) is 0 Å². The van der Waals surface area contributed by atoms with Crippen molar-refractivity contribution in [2.24, 2.45) is 0 Å². The molecule has 1 heterocycles. The Labute approximate surface area is 122 Å². The molecule has 0 bridgehead atoms. The number of hydrogen-bond acceptors (Lipinski definition) is 5. The topological polar surface area (TPSA) is 74.7 Å². The third kappa shape index (κ3) is 3.53. The molecule has 110 valence electrons. The lowest BCUT2D eigenvalue weighted by Crippen LogP contribution is -2.46. The molecular formula is C13H17NO4S2. The Morgan fingerprint density at radius 2 is 2.15 bits per heavy atom. The predicted octanol–water partition coefficient (Wildman–Crippen LogP) is 1.30. The first kappa shape index (κ1) is 15.3. The van der Waals surface area contributed by atoms with Gasteiger partial charge in [0.05, 0.1) is 5.56 Å². The molecule has 0 aliphatic carbocycles. The molecule has 1 aromatic rings. The monoisotopic (exact) mass is 315 g/mol. The molecule has 1 aliphatic heterocycles. The molecule has 1 fully saturated rings. The number of thioether (sulfide) groups is 1. The van der Waals surface area contributed by atoms with E-state index in [1.165, 1.54) is 6.26 Å². The van der Waals surface area contributed by atoms with E-state index < -0.39 is 21.2 Å². The second kappa shape index (κ2) is 6.15. The SMILES string of the molecule is CS(=O)(=O)C1CSCCN1Cc1ccccc1C(=O)O. The molecule has 1 atom stereocenters. The highest BCUT2D eigenvalue weighted by Crippen LogP contribution is 2.23. The Balaban J connectivity index is 2.26. The smallest absolute Gasteiger partial charge is 0.336 e. The second-order valence-corrected chi connectivity index (χ2v) is 8.14. The van der Waals surface area contributed by atoms with Crippen LogP contribution < -0.4 is 0 Å². The van der Waals surface area contributed by atoms with Crippen molar-refractivity contribution >= 4 is 27.6 Å². The second-order valence-electron chi connectivity index (χ2n) is 4.79. The molecule has 0 saturated carbocycles. The predicted molar refractivity (Wildman–Crippen MR) is 79.8 cm³/mol. The quantitative estimate of drug-likeness (QED) is 0.903. The summed E-state index contributed by atoms with van der Waals surface area (Å²) in [5, 5.41) is 8.64. The number of benzene rings is 1. The number of nitrogens with zero attached hydrogens (tertiary/aromatic N) is 1. The van der Waals surface area contributed by atoms with Crippen molar-refractivity contribution in [3.05, 3.63) is 35.4 Å². The van der Waals surface area contributed by atoms with E-state index in [4.69, 9.17) is 0 Å². The van der Waals surface area contributed by atoms with Gasteiger partial charge in [-0.3, -0.25) is 4.90 Å². The average molecular weight is 315 g/mol. The summed E-state index contributed by atoms with van der Waals surface area (Å²) in [6.45, 7) is 0.997. The Kier molecular flexibility index (Phi) is 4.72. The summed E-state index contributed by atoms with van der Waals surface area (Å²) >= 11 is 1.62. The summed E-state index contributed by atoms with van der Waals surface area (Å²) < 4.78 is 23.7. The lowest BCUT2D eigenvalue weighted by Gasteiger charge is -2.34. The fraction of sp³-hybridized carbons (Fsp3) is 0.462. The van der Waals surface area contributed by atoms with Crippen LogP contribution in [0.2, 0.25) is 0 Å². The molecule has 0 amide bonds. The normalized spacial score (nSPS) is 20.8. The average Bonchev–Trinajstić information content (AvgIpc) is 2.38. The van der Waals surface area contributed by atoms with Crippen LogP contribution in [0.1, 0.15) is 15.9 Å². The summed E-state index contributed by atoms with van der Waals surface area (Å²) in [5.41, 5.74) is 0.888. The van der Waals surface area contributed by atoms with Crippen LogP contribution in [0.15, 0.2) is 24.3 Å². The maximum absolute atomic E-state index is 11.8. The van der Waals surface area contributed by atoms with Gasteiger partial charge in [-0.05, 0) is 11.6 Å². The highest BCUT2D eigenvalue weighted by Gasteiger charge is 2.31. The summed E-state index contributed by atoms with van der Waals surface area (Å²) in [5.74, 6) is 0.415. The van der Waals surface area contributed by atoms with Gasteiger partial charge in [0.1, 0.15) is 5.37 Å². The minimum absolute atomic E-state index is 0.234. The maximum atomic E-state index is 11.8. The fourth-order valence-electron chi connectivity index (χ4n) is 2.28. The fourth-order valence-corrected chi connectivity index (χ4v) is 5.22. The van der Waals surface area contributed by atoms with Gasteiger partial charge in [0.2, 0.25) is 0 Å². The van der Waals surface area contributed by atoms with Gasteiger partial charge in [0.25, 0.3) is 0 Å². The van der Waals surface area contributed by atoms with E-state index in [0.29, 0.717) is 24.4 Å². The van der Waals surface area contributed by atoms with Crippen molar-refractivity contribution in [2.75, 3.05) is 24.3 Å². The number of sulfone groups is 1. The van der Waals surface area contributed by atoms with E-state index in [1.54, 1.807) is 36.0 Å². The van der Waals surface area contributed by atoms with Gasteiger partial charge in [-0.25, -0.2) is 13.2 Å². The minimum atomic E-state index is -3.17. The third-order valence-corrected chi connectivity index (χ3v) is 5.99. The van der Waals surface area contributed by atoms with Crippen LogP contribution in [0.5, 0.6) is 0 Å². The Morgan fingerprint density at radius 3 is 2.80 bits per heavy atom. The van der Waals surface area contributed by atoms with Gasteiger partial charge in [-0.1, -0.05) is 18.2 Å². The van der Waals surface area contributed by atoms with Crippen LogP contribution in [-0.2, 0) is 16.4 Å². The molecule has 1 unspecified atom stereocenters. The van der Waals surface area contributed by atoms with E-state index in [9.17, 15) is 18.3 Å². The molecular weight excluding hydrogens is 298 g/mol. The Morgan fingerprint density at radius 1 is 1.45 bits per heavy atom. The third-order valence-electron chi connectivity index (χ3n) is 3.31. The lowest BCUT2D eigenvalue weighted by atomic mass is 10.1. The molecule has 2 rings (SSSR count). The van der Waals surface area contributed by atoms with E-state index in [0.717, 1.165) is 5.75 Å². The molecule has 1 N–H and O–H groups in total. The highest BCUT2D eigenvalue weighted by molar-refractivity contribution is 8.00. The number of carbonyl (C=O) groups is 1. The van der Waals surface area contributed by atoms with Crippen molar-refractivity contribution in [1.82, 2.24) is 4.90 Å². The maximum Gasteiger partial charge on any atom is 0.336 e. The zero-order valence-corrected chi connectivity index (χ0v) is 12.8. The van der Waals surface area contributed by atoms with Crippen molar-refractivity contribution in [2.45, 2.75) is 11.9 Å². The number of carboxylic acid groups (broad SMARTS) is 1. The molecule has 0 spiro atoms. The minimum Gasteiger partial charge on any atom is -0.478 e. The molecule has 0 radical (unpaired) electrons. The van der Waals surface area contributed by atoms with E-state index in [1.807, 2.05) is 4.90 Å². The van der Waals surface area contributed by atoms with Gasteiger partial charge in [0.15, 0.2) is 9.84 Å². The van der Waals surface area contributed by atoms with Crippen LogP contribution in [0.3, 0.4) is 0 Å². The zero-order chi connectivity index (χ0) is 14.8. The van der Waals surface area contributed by atoms with Gasteiger partial charge < -0.3 is 5.11 Å². The first-order valence-electron chi connectivity index (χ1n) is 6.21. The van der Waals surface area contributed by atoms with Crippen molar-refractivity contribution in [3.8, 4) is 0 Å². The molecule has 1 aliphatic rings. The number of aromatic carboxylic acids is 1. The Bertz CT molecular complexity index is 600. The number of rotatable bonds is 4. The first-order chi connectivity index (χ1) is 9.39. The summed E-state index contributed by atoms with van der Waals surface area (Å²) in [6.07, 6.45) is 1.24. The summed E-state index contributed by atoms with van der Waals surface area (Å²) in [6, 6.07) is 6.74. The molecule has 1 saturated heterocycles. The van der Waals surface area contributed by atoms with Crippen LogP contribution in [0.4, 0.5) is 0 Å². The van der Waals surface area contributed by atoms with Crippen LogP contribution >= 0.6 is 11.8 Å². The van der Waals surface area contributed by atoms with Gasteiger partial charge >= 0.3 is 5.97 Å². The van der Waals surface area contributed by atoms with Crippen molar-refractivity contribution in [3.63, 3.8) is 0 Å². The van der Waals surface area contributed by atoms with Crippen molar-refractivity contribution < 1.29 is 18.3 Å². The zero-order valence-electron chi connectivity index (χ0n) is 11.2. The van der Waals surface area contributed by atoms with Gasteiger partial charge in [-0.2, -0.15) is 11.8 Å². The van der Waals surface area contributed by atoms with E-state index >= 15 is 0 Å². The van der Waals surface area contributed by atoms with E-state index in [2.05, 4.69) is 0 Å². The van der Waals surface area contributed by atoms with Crippen LogP contribution in [0.25, 0.3) is 0 Å². The summed E-state index contributed by atoms with van der Waals surface area (Å²) in [4.78, 5) is 13.1. The number of carboxylic acids is 1. The Hall–Kier alpha value is -1.05. The van der Waals surface area contributed by atoms with E-state index in [-0.39, 0.29) is 5.56 Å². The molecule has 7 heteroatoms. The molecule has 0 aromatic heterocycles. The largest absolute Gasteiger partial charge is 0.478 e. The van der Waals surface area contributed by atoms with Crippen LogP contribution in [0, 0.1) is 0 Å². The standard InChI is InChI=1S/C13H17NO4S2/c1-20(17,18)12-9-19-7-6-14(12)8-10-4-2-3-5-11(10)13(15)16/h2-5,12H,6-9H2,1H3,(H,15,16). The van der Waals surface area contributed by atoms with Gasteiger partial charge in [-0.15, -0.1) is 0 Å². The number of hydrogen-bond donors (Lipinski definition) is 1. The lowest BCUT2D eigenvalue weighted by molar-refractivity contribution is 0.0694. The summed E-state index contributed by atoms with van der Waals surface area (Å²) in [7, 11) is -3.17. The molecule has 1 aromatic carbocycles. The van der Waals surface area contributed by atoms with Gasteiger partial charge in [0, 0.05) is 30.9 Å². The molecule has 5 nitrogen and oxygen atoms in total. The first-order valence-corrected chi connectivity index (χ1v) is 9.32.